The highest BCUT2D eigenvalue weighted by Gasteiger charge is 2.25. The molecule has 2 aliphatic heterocycles. The molecule has 11 heteroatoms. The fourth-order valence-electron chi connectivity index (χ4n) is 2.65. The number of fused-ring (bicyclic) bond motifs is 1. The summed E-state index contributed by atoms with van der Waals surface area (Å²) in [4.78, 5) is 17.8. The summed E-state index contributed by atoms with van der Waals surface area (Å²) in [5.41, 5.74) is 0.681. The molecule has 0 radical (unpaired) electrons. The maximum absolute atomic E-state index is 12.1. The average Bonchev–Trinajstić information content (AvgIpc) is 3.28. The van der Waals surface area contributed by atoms with Gasteiger partial charge < -0.3 is 24.2 Å². The molecular weight excluding hydrogens is 364 g/mol. The average molecular weight is 380 g/mol. The molecular formula is C15H16N4O6S. The van der Waals surface area contributed by atoms with Crippen molar-refractivity contribution in [2.75, 3.05) is 31.4 Å². The Morgan fingerprint density at radius 3 is 2.77 bits per heavy atom. The van der Waals surface area contributed by atoms with Gasteiger partial charge in [0, 0.05) is 18.7 Å². The minimum atomic E-state index is -3.03. The number of rotatable bonds is 3. The van der Waals surface area contributed by atoms with Crippen LogP contribution in [0.25, 0.3) is 11.5 Å². The highest BCUT2D eigenvalue weighted by molar-refractivity contribution is 7.91. The molecule has 2 amide bonds. The Bertz CT molecular complexity index is 927. The van der Waals surface area contributed by atoms with E-state index in [0.717, 1.165) is 0 Å². The van der Waals surface area contributed by atoms with Crippen LogP contribution in [0.3, 0.4) is 0 Å². The lowest BCUT2D eigenvalue weighted by molar-refractivity contribution is 0.174. The molecule has 1 fully saturated rings. The van der Waals surface area contributed by atoms with Gasteiger partial charge in [0.2, 0.25) is 6.79 Å². The zero-order chi connectivity index (χ0) is 18.1. The molecule has 0 bridgehead atoms. The predicted molar refractivity (Wildman–Crippen MR) is 88.3 cm³/mol. The first-order valence-electron chi connectivity index (χ1n) is 7.96. The number of benzene rings is 1. The third-order valence-corrected chi connectivity index (χ3v) is 5.73. The fourth-order valence-corrected chi connectivity index (χ4v) is 3.86. The molecule has 1 N–H and O–H groups in total. The summed E-state index contributed by atoms with van der Waals surface area (Å²) in [6, 6.07) is 4.92. The van der Waals surface area contributed by atoms with Gasteiger partial charge in [0.05, 0.1) is 18.1 Å². The zero-order valence-corrected chi connectivity index (χ0v) is 14.5. The smallest absolute Gasteiger partial charge is 0.317 e. The predicted octanol–water partition coefficient (Wildman–Crippen LogP) is 0.405. The number of hydrogen-bond donors (Lipinski definition) is 1. The van der Waals surface area contributed by atoms with Crippen molar-refractivity contribution in [3.05, 3.63) is 24.0 Å². The Balaban J connectivity index is 1.36. The van der Waals surface area contributed by atoms with Gasteiger partial charge in [-0.05, 0) is 18.2 Å². The maximum Gasteiger partial charge on any atom is 0.317 e. The molecule has 4 rings (SSSR count). The Labute approximate surface area is 149 Å². The van der Waals surface area contributed by atoms with Crippen LogP contribution in [-0.2, 0) is 16.4 Å². The van der Waals surface area contributed by atoms with Gasteiger partial charge in [0.15, 0.2) is 27.2 Å². The van der Waals surface area contributed by atoms with Crippen LogP contribution in [0.5, 0.6) is 11.5 Å². The van der Waals surface area contributed by atoms with Gasteiger partial charge >= 0.3 is 6.03 Å². The lowest BCUT2D eigenvalue weighted by Crippen LogP contribution is -2.48. The largest absolute Gasteiger partial charge is 0.454 e. The molecule has 0 spiro atoms. The van der Waals surface area contributed by atoms with Crippen molar-refractivity contribution < 1.29 is 27.2 Å². The normalized spacial score (nSPS) is 17.9. The van der Waals surface area contributed by atoms with Crippen LogP contribution >= 0.6 is 0 Å². The second-order valence-corrected chi connectivity index (χ2v) is 8.19. The Morgan fingerprint density at radius 2 is 1.96 bits per heavy atom. The van der Waals surface area contributed by atoms with Crippen molar-refractivity contribution in [3.63, 3.8) is 0 Å². The molecule has 2 aliphatic rings. The van der Waals surface area contributed by atoms with Crippen molar-refractivity contribution >= 4 is 15.9 Å². The summed E-state index contributed by atoms with van der Waals surface area (Å²) in [6.45, 7) is 0.625. The van der Waals surface area contributed by atoms with E-state index < -0.39 is 9.84 Å². The highest BCUT2D eigenvalue weighted by atomic mass is 32.2. The topological polar surface area (TPSA) is 124 Å². The van der Waals surface area contributed by atoms with E-state index in [1.54, 1.807) is 18.2 Å². The van der Waals surface area contributed by atoms with Crippen molar-refractivity contribution in [3.8, 4) is 23.0 Å². The number of amides is 2. The van der Waals surface area contributed by atoms with Gasteiger partial charge in [-0.3, -0.25) is 0 Å². The third-order valence-electron chi connectivity index (χ3n) is 4.12. The Morgan fingerprint density at radius 1 is 1.19 bits per heavy atom. The van der Waals surface area contributed by atoms with Crippen LogP contribution in [-0.4, -0.2) is 60.9 Å². The summed E-state index contributed by atoms with van der Waals surface area (Å²) in [5, 5.41) is 6.50. The molecule has 0 unspecified atom stereocenters. The lowest BCUT2D eigenvalue weighted by atomic mass is 10.2. The van der Waals surface area contributed by atoms with E-state index in [-0.39, 0.29) is 44.0 Å². The molecule has 0 atom stereocenters. The standard InChI is InChI=1S/C15H16N4O6S/c20-15(19-3-5-26(21,22)6-4-19)16-8-13-17-14(25-18-13)10-1-2-11-12(7-10)24-9-23-11/h1-2,7H,3-6,8-9H2,(H,16,20). The van der Waals surface area contributed by atoms with Crippen molar-refractivity contribution in [1.29, 1.82) is 0 Å². The quantitative estimate of drug-likeness (QED) is 0.812. The van der Waals surface area contributed by atoms with Crippen LogP contribution in [0, 0.1) is 0 Å². The molecule has 3 heterocycles. The zero-order valence-electron chi connectivity index (χ0n) is 13.7. The highest BCUT2D eigenvalue weighted by Crippen LogP contribution is 2.35. The van der Waals surface area contributed by atoms with E-state index in [2.05, 4.69) is 15.5 Å². The number of nitrogens with zero attached hydrogens (tertiary/aromatic N) is 3. The van der Waals surface area contributed by atoms with Gasteiger partial charge in [-0.2, -0.15) is 4.98 Å². The lowest BCUT2D eigenvalue weighted by Gasteiger charge is -2.26. The molecule has 1 aromatic carbocycles. The number of carbonyl (C=O) groups is 1. The van der Waals surface area contributed by atoms with Crippen LogP contribution in [0.4, 0.5) is 4.79 Å². The second-order valence-electron chi connectivity index (χ2n) is 5.88. The minimum absolute atomic E-state index is 0.0170. The second kappa shape index (κ2) is 6.48. The first-order chi connectivity index (χ1) is 12.5. The summed E-state index contributed by atoms with van der Waals surface area (Å²) in [7, 11) is -3.03. The van der Waals surface area contributed by atoms with Gasteiger partial charge in [-0.15, -0.1) is 0 Å². The number of aromatic nitrogens is 2. The maximum atomic E-state index is 12.1. The molecule has 0 saturated carbocycles. The number of hydrogen-bond acceptors (Lipinski definition) is 8. The van der Waals surface area contributed by atoms with Crippen LogP contribution in [0.15, 0.2) is 22.7 Å². The van der Waals surface area contributed by atoms with E-state index in [9.17, 15) is 13.2 Å². The first kappa shape index (κ1) is 16.6. The Kier molecular flexibility index (Phi) is 4.15. The van der Waals surface area contributed by atoms with Gasteiger partial charge in [-0.1, -0.05) is 5.16 Å². The number of nitrogens with one attached hydrogen (secondary N) is 1. The fraction of sp³-hybridized carbons (Fsp3) is 0.400. The molecule has 0 aliphatic carbocycles. The molecule has 1 saturated heterocycles. The molecule has 26 heavy (non-hydrogen) atoms. The van der Waals surface area contributed by atoms with E-state index in [1.165, 1.54) is 4.90 Å². The van der Waals surface area contributed by atoms with Crippen molar-refractivity contribution in [2.24, 2.45) is 0 Å². The summed E-state index contributed by atoms with van der Waals surface area (Å²) in [5.74, 6) is 1.85. The minimum Gasteiger partial charge on any atom is -0.454 e. The van der Waals surface area contributed by atoms with Crippen LogP contribution < -0.4 is 14.8 Å². The van der Waals surface area contributed by atoms with Gasteiger partial charge in [-0.25, -0.2) is 13.2 Å². The third kappa shape index (κ3) is 3.43. The summed E-state index contributed by atoms with van der Waals surface area (Å²) >= 11 is 0. The van der Waals surface area contributed by atoms with E-state index in [1.807, 2.05) is 0 Å². The van der Waals surface area contributed by atoms with Crippen molar-refractivity contribution in [2.45, 2.75) is 6.54 Å². The van der Waals surface area contributed by atoms with E-state index >= 15 is 0 Å². The molecule has 138 valence electrons. The SMILES string of the molecule is O=C(NCc1noc(-c2ccc3c(c2)OCO3)n1)N1CCS(=O)(=O)CC1. The monoisotopic (exact) mass is 380 g/mol. The number of ether oxygens (including phenoxy) is 2. The Hall–Kier alpha value is -2.82. The van der Waals surface area contributed by atoms with Crippen molar-refractivity contribution in [1.82, 2.24) is 20.4 Å². The number of carbonyl (C=O) groups excluding carboxylic acids is 1. The van der Waals surface area contributed by atoms with E-state index in [0.29, 0.717) is 28.8 Å². The number of sulfone groups is 1. The molecule has 10 nitrogen and oxygen atoms in total. The molecule has 2 aromatic rings. The van der Waals surface area contributed by atoms with Crippen LogP contribution in [0.1, 0.15) is 5.82 Å². The molecule has 1 aromatic heterocycles. The first-order valence-corrected chi connectivity index (χ1v) is 9.78. The number of urea groups is 1. The van der Waals surface area contributed by atoms with Gasteiger partial charge in [0.1, 0.15) is 0 Å². The van der Waals surface area contributed by atoms with E-state index in [4.69, 9.17) is 14.0 Å². The summed E-state index contributed by atoms with van der Waals surface area (Å²) < 4.78 is 38.6. The summed E-state index contributed by atoms with van der Waals surface area (Å²) in [6.07, 6.45) is 0. The van der Waals surface area contributed by atoms with Crippen LogP contribution in [0.2, 0.25) is 0 Å². The van der Waals surface area contributed by atoms with Gasteiger partial charge in [0.25, 0.3) is 5.89 Å².